The second-order valence-electron chi connectivity index (χ2n) is 5.41. The first-order chi connectivity index (χ1) is 12.0. The first-order valence-electron chi connectivity index (χ1n) is 7.54. The summed E-state index contributed by atoms with van der Waals surface area (Å²) in [7, 11) is 0. The number of carbonyl (C=O) groups excluding carboxylic acids is 1. The summed E-state index contributed by atoms with van der Waals surface area (Å²) in [5.41, 5.74) is 3.74. The molecular formula is C17H16ClN5OS. The van der Waals surface area contributed by atoms with Gasteiger partial charge in [0.25, 0.3) is 5.91 Å². The van der Waals surface area contributed by atoms with Crippen LogP contribution in [0.15, 0.2) is 35.7 Å². The molecule has 0 saturated heterocycles. The average Bonchev–Trinajstić information content (AvgIpc) is 3.01. The van der Waals surface area contributed by atoms with Gasteiger partial charge in [-0.15, -0.1) is 22.9 Å². The van der Waals surface area contributed by atoms with Crippen molar-refractivity contribution in [3.63, 3.8) is 0 Å². The molecule has 0 radical (unpaired) electrons. The molecule has 0 aliphatic rings. The first kappa shape index (κ1) is 17.3. The molecule has 0 aliphatic carbocycles. The van der Waals surface area contributed by atoms with Crippen LogP contribution in [0.4, 0.5) is 16.8 Å². The van der Waals surface area contributed by atoms with Gasteiger partial charge in [0.1, 0.15) is 0 Å². The number of rotatable bonds is 5. The Balaban J connectivity index is 1.75. The summed E-state index contributed by atoms with van der Waals surface area (Å²) in [5.74, 6) is 0.587. The van der Waals surface area contributed by atoms with E-state index in [1.807, 2.05) is 31.4 Å². The predicted octanol–water partition coefficient (Wildman–Crippen LogP) is 4.28. The van der Waals surface area contributed by atoms with E-state index < -0.39 is 0 Å². The van der Waals surface area contributed by atoms with E-state index in [2.05, 4.69) is 25.6 Å². The van der Waals surface area contributed by atoms with Gasteiger partial charge in [-0.1, -0.05) is 6.07 Å². The van der Waals surface area contributed by atoms with Crippen LogP contribution in [0.5, 0.6) is 0 Å². The highest BCUT2D eigenvalue weighted by Gasteiger charge is 2.10. The lowest BCUT2D eigenvalue weighted by Gasteiger charge is -2.08. The molecule has 128 valence electrons. The van der Waals surface area contributed by atoms with E-state index in [4.69, 9.17) is 11.6 Å². The van der Waals surface area contributed by atoms with Gasteiger partial charge >= 0.3 is 0 Å². The van der Waals surface area contributed by atoms with Crippen molar-refractivity contribution in [3.05, 3.63) is 58.4 Å². The number of aromatic nitrogens is 3. The van der Waals surface area contributed by atoms with Crippen LogP contribution in [0.3, 0.4) is 0 Å². The molecule has 6 nitrogen and oxygen atoms in total. The molecule has 0 unspecified atom stereocenters. The van der Waals surface area contributed by atoms with Crippen LogP contribution in [0.25, 0.3) is 0 Å². The van der Waals surface area contributed by atoms with Gasteiger partial charge in [0.15, 0.2) is 5.13 Å². The van der Waals surface area contributed by atoms with Crippen LogP contribution in [-0.4, -0.2) is 20.9 Å². The van der Waals surface area contributed by atoms with Gasteiger partial charge in [0.05, 0.1) is 11.6 Å². The number of thiazole rings is 1. The quantitative estimate of drug-likeness (QED) is 0.652. The van der Waals surface area contributed by atoms with E-state index in [0.717, 1.165) is 22.8 Å². The molecule has 0 bridgehead atoms. The van der Waals surface area contributed by atoms with Gasteiger partial charge in [-0.05, 0) is 38.1 Å². The molecule has 8 heteroatoms. The van der Waals surface area contributed by atoms with Gasteiger partial charge in [-0.2, -0.15) is 0 Å². The standard InChI is InChI=1S/C17H16ClN5OS/c1-10-6-11(2)20-16(19-10)21-13-5-3-4-12(7-13)15(24)23-17-22-14(8-18)9-25-17/h3-7,9H,8H2,1-2H3,(H,19,20,21)(H,22,23,24). The minimum atomic E-state index is -0.236. The summed E-state index contributed by atoms with van der Waals surface area (Å²) in [6.07, 6.45) is 0. The van der Waals surface area contributed by atoms with Crippen LogP contribution >= 0.6 is 22.9 Å². The third-order valence-corrected chi connectivity index (χ3v) is 4.35. The highest BCUT2D eigenvalue weighted by Crippen LogP contribution is 2.19. The maximum Gasteiger partial charge on any atom is 0.257 e. The summed E-state index contributed by atoms with van der Waals surface area (Å²) in [4.78, 5) is 25.3. The van der Waals surface area contributed by atoms with Crippen molar-refractivity contribution < 1.29 is 4.79 Å². The maximum absolute atomic E-state index is 12.4. The second-order valence-corrected chi connectivity index (χ2v) is 6.54. The molecule has 1 aromatic carbocycles. The van der Waals surface area contributed by atoms with E-state index >= 15 is 0 Å². The minimum absolute atomic E-state index is 0.236. The van der Waals surface area contributed by atoms with E-state index in [1.54, 1.807) is 18.2 Å². The fourth-order valence-electron chi connectivity index (χ4n) is 2.24. The number of carbonyl (C=O) groups is 1. The molecule has 0 fully saturated rings. The second kappa shape index (κ2) is 7.58. The average molecular weight is 374 g/mol. The van der Waals surface area contributed by atoms with Gasteiger partial charge in [-0.25, -0.2) is 15.0 Å². The van der Waals surface area contributed by atoms with Crippen LogP contribution < -0.4 is 10.6 Å². The van der Waals surface area contributed by atoms with E-state index in [0.29, 0.717) is 22.5 Å². The number of hydrogen-bond donors (Lipinski definition) is 2. The van der Waals surface area contributed by atoms with Crippen LogP contribution in [0, 0.1) is 13.8 Å². The first-order valence-corrected chi connectivity index (χ1v) is 8.96. The Kier molecular flexibility index (Phi) is 5.25. The molecule has 0 aliphatic heterocycles. The Hall–Kier alpha value is -2.51. The Morgan fingerprint density at radius 3 is 2.60 bits per heavy atom. The summed E-state index contributed by atoms with van der Waals surface area (Å²) in [6.45, 7) is 3.82. The largest absolute Gasteiger partial charge is 0.324 e. The number of benzene rings is 1. The predicted molar refractivity (Wildman–Crippen MR) is 101 cm³/mol. The Bertz CT molecular complexity index is 891. The summed E-state index contributed by atoms with van der Waals surface area (Å²) >= 11 is 7.07. The van der Waals surface area contributed by atoms with Crippen LogP contribution in [-0.2, 0) is 5.88 Å². The van der Waals surface area contributed by atoms with E-state index in [-0.39, 0.29) is 5.91 Å². The number of amides is 1. The number of aryl methyl sites for hydroxylation is 2. The van der Waals surface area contributed by atoms with Gasteiger partial charge in [0, 0.05) is 28.0 Å². The fraction of sp³-hybridized carbons (Fsp3) is 0.176. The van der Waals surface area contributed by atoms with Crippen LogP contribution in [0.1, 0.15) is 27.4 Å². The maximum atomic E-state index is 12.4. The van der Waals surface area contributed by atoms with Crippen molar-refractivity contribution in [2.24, 2.45) is 0 Å². The number of hydrogen-bond acceptors (Lipinski definition) is 6. The fourth-order valence-corrected chi connectivity index (χ4v) is 3.18. The van der Waals surface area contributed by atoms with Gasteiger partial charge in [-0.3, -0.25) is 10.1 Å². The number of anilines is 3. The van der Waals surface area contributed by atoms with Crippen LogP contribution in [0.2, 0.25) is 0 Å². The topological polar surface area (TPSA) is 79.8 Å². The van der Waals surface area contributed by atoms with Crippen molar-refractivity contribution in [1.29, 1.82) is 0 Å². The Labute approximate surface area is 154 Å². The molecule has 2 N–H and O–H groups in total. The number of alkyl halides is 1. The molecular weight excluding hydrogens is 358 g/mol. The molecule has 0 spiro atoms. The molecule has 1 amide bonds. The minimum Gasteiger partial charge on any atom is -0.324 e. The number of nitrogens with zero attached hydrogens (tertiary/aromatic N) is 3. The highest BCUT2D eigenvalue weighted by molar-refractivity contribution is 7.14. The number of halogens is 1. The molecule has 2 aromatic heterocycles. The molecule has 2 heterocycles. The lowest BCUT2D eigenvalue weighted by molar-refractivity contribution is 0.102. The Morgan fingerprint density at radius 1 is 1.16 bits per heavy atom. The van der Waals surface area contributed by atoms with E-state index in [1.165, 1.54) is 11.3 Å². The van der Waals surface area contributed by atoms with Crippen molar-refractivity contribution in [3.8, 4) is 0 Å². The molecule has 3 aromatic rings. The lowest BCUT2D eigenvalue weighted by Crippen LogP contribution is -2.12. The van der Waals surface area contributed by atoms with E-state index in [9.17, 15) is 4.79 Å². The van der Waals surface area contributed by atoms with Gasteiger partial charge in [0.2, 0.25) is 5.95 Å². The van der Waals surface area contributed by atoms with Gasteiger partial charge < -0.3 is 5.32 Å². The zero-order chi connectivity index (χ0) is 17.8. The monoisotopic (exact) mass is 373 g/mol. The normalized spacial score (nSPS) is 10.5. The summed E-state index contributed by atoms with van der Waals surface area (Å²) in [5, 5.41) is 8.24. The summed E-state index contributed by atoms with van der Waals surface area (Å²) < 4.78 is 0. The highest BCUT2D eigenvalue weighted by atomic mass is 35.5. The molecule has 3 rings (SSSR count). The zero-order valence-corrected chi connectivity index (χ0v) is 15.3. The molecule has 25 heavy (non-hydrogen) atoms. The number of nitrogens with one attached hydrogen (secondary N) is 2. The van der Waals surface area contributed by atoms with Crippen molar-refractivity contribution in [2.75, 3.05) is 10.6 Å². The lowest BCUT2D eigenvalue weighted by atomic mass is 10.2. The third kappa shape index (κ3) is 4.52. The smallest absolute Gasteiger partial charge is 0.257 e. The third-order valence-electron chi connectivity index (χ3n) is 3.27. The van der Waals surface area contributed by atoms with Crippen molar-refractivity contribution in [2.45, 2.75) is 19.7 Å². The molecule has 0 saturated carbocycles. The Morgan fingerprint density at radius 2 is 1.92 bits per heavy atom. The van der Waals surface area contributed by atoms with Crippen molar-refractivity contribution >= 4 is 45.6 Å². The molecule has 0 atom stereocenters. The SMILES string of the molecule is Cc1cc(C)nc(Nc2cccc(C(=O)Nc3nc(CCl)cs3)c2)n1. The van der Waals surface area contributed by atoms with Crippen molar-refractivity contribution in [1.82, 2.24) is 15.0 Å². The summed E-state index contributed by atoms with van der Waals surface area (Å²) in [6, 6.07) is 9.03. The zero-order valence-electron chi connectivity index (χ0n) is 13.7.